The predicted molar refractivity (Wildman–Crippen MR) is 101 cm³/mol. The van der Waals surface area contributed by atoms with E-state index in [1.165, 1.54) is 16.6 Å². The molecule has 0 aliphatic heterocycles. The van der Waals surface area contributed by atoms with Crippen LogP contribution in [-0.2, 0) is 0 Å². The fraction of sp³-hybridized carbons (Fsp3) is 0.190. The van der Waals surface area contributed by atoms with Crippen LogP contribution in [-0.4, -0.2) is 24.1 Å². The van der Waals surface area contributed by atoms with Gasteiger partial charge in [-0.05, 0) is 54.4 Å². The van der Waals surface area contributed by atoms with Crippen LogP contribution in [0.1, 0.15) is 29.8 Å². The van der Waals surface area contributed by atoms with E-state index in [1.54, 1.807) is 36.4 Å². The molecule has 0 fully saturated rings. The summed E-state index contributed by atoms with van der Waals surface area (Å²) in [5.74, 6) is -0.617. The van der Waals surface area contributed by atoms with Crippen LogP contribution in [0.5, 0.6) is 5.95 Å². The van der Waals surface area contributed by atoms with Gasteiger partial charge in [0.1, 0.15) is 5.95 Å². The summed E-state index contributed by atoms with van der Waals surface area (Å²) in [7, 11) is 0. The predicted octanol–water partition coefficient (Wildman–Crippen LogP) is 2.77. The molecule has 138 valence electrons. The van der Waals surface area contributed by atoms with Crippen LogP contribution >= 0.6 is 0 Å². The van der Waals surface area contributed by atoms with Gasteiger partial charge in [-0.1, -0.05) is 18.2 Å². The third-order valence-corrected chi connectivity index (χ3v) is 4.31. The summed E-state index contributed by atoms with van der Waals surface area (Å²) >= 11 is 0. The number of benzene rings is 2. The largest absolute Gasteiger partial charge is 0.539 e. The molecular formula is C21H21N3O3. The van der Waals surface area contributed by atoms with E-state index >= 15 is 0 Å². The number of rotatable bonds is 7. The zero-order valence-corrected chi connectivity index (χ0v) is 15.3. The molecule has 0 N–H and O–H groups in total. The van der Waals surface area contributed by atoms with Gasteiger partial charge in [0.15, 0.2) is 5.78 Å². The molecular weight excluding hydrogens is 342 g/mol. The van der Waals surface area contributed by atoms with E-state index in [9.17, 15) is 9.90 Å². The number of carbonyl (C=O) groups is 1. The Morgan fingerprint density at radius 1 is 1.11 bits per heavy atom. The molecule has 3 rings (SSSR count). The summed E-state index contributed by atoms with van der Waals surface area (Å²) in [6.45, 7) is 6.18. The van der Waals surface area contributed by atoms with E-state index < -0.39 is 5.95 Å². The maximum atomic E-state index is 12.4. The zero-order valence-electron chi connectivity index (χ0n) is 15.3. The maximum Gasteiger partial charge on any atom is 0.239 e. The molecule has 0 saturated heterocycles. The molecule has 6 heteroatoms. The first kappa shape index (κ1) is 18.4. The molecule has 27 heavy (non-hydrogen) atoms. The molecule has 0 aliphatic carbocycles. The second-order valence-corrected chi connectivity index (χ2v) is 5.97. The number of anilines is 1. The van der Waals surface area contributed by atoms with Gasteiger partial charge in [-0.2, -0.15) is 0 Å². The van der Waals surface area contributed by atoms with Gasteiger partial charge >= 0.3 is 0 Å². The van der Waals surface area contributed by atoms with Gasteiger partial charge in [-0.25, -0.2) is 0 Å². The monoisotopic (exact) mass is 363 g/mol. The first-order chi connectivity index (χ1) is 13.1. The highest BCUT2D eigenvalue weighted by Gasteiger charge is 2.10. The number of carbonyl (C=O) groups excluding carboxylic acids is 1. The van der Waals surface area contributed by atoms with Gasteiger partial charge in [0, 0.05) is 36.5 Å². The SMILES string of the molecule is CCN(CC)c1ccc(/C=C/C(=O)c2ccc(-[n+]3cc([O-])on3)cc2)cc1. The Morgan fingerprint density at radius 3 is 2.33 bits per heavy atom. The van der Waals surface area contributed by atoms with Gasteiger partial charge in [0.25, 0.3) is 0 Å². The molecule has 0 atom stereocenters. The average Bonchev–Trinajstić information content (AvgIpc) is 3.14. The zero-order chi connectivity index (χ0) is 19.2. The third kappa shape index (κ3) is 4.41. The topological polar surface area (TPSA) is 73.3 Å². The third-order valence-electron chi connectivity index (χ3n) is 4.31. The molecule has 1 heterocycles. The fourth-order valence-electron chi connectivity index (χ4n) is 2.78. The van der Waals surface area contributed by atoms with Crippen molar-refractivity contribution in [1.82, 2.24) is 5.27 Å². The number of hydrogen-bond acceptors (Lipinski definition) is 5. The van der Waals surface area contributed by atoms with Crippen LogP contribution in [0, 0.1) is 0 Å². The standard InChI is InChI=1S/C21H21N3O3/c1-3-23(4-2)18-10-5-16(6-11-18)7-14-20(25)17-8-12-19(13-9-17)24-15-21(26)27-22-24/h5-15H,3-4H2,1-2H3/b14-7+. The highest BCUT2D eigenvalue weighted by Crippen LogP contribution is 2.16. The molecule has 0 unspecified atom stereocenters. The summed E-state index contributed by atoms with van der Waals surface area (Å²) in [5, 5.41) is 14.6. The van der Waals surface area contributed by atoms with Crippen LogP contribution in [0.4, 0.5) is 5.69 Å². The van der Waals surface area contributed by atoms with E-state index in [0.29, 0.717) is 11.3 Å². The van der Waals surface area contributed by atoms with Crippen LogP contribution in [0.25, 0.3) is 11.8 Å². The van der Waals surface area contributed by atoms with Gasteiger partial charge in [-0.3, -0.25) is 4.79 Å². The Balaban J connectivity index is 1.67. The Bertz CT molecular complexity index is 924. The molecule has 0 aliphatic rings. The van der Waals surface area contributed by atoms with Crippen molar-refractivity contribution in [2.24, 2.45) is 0 Å². The minimum Gasteiger partial charge on any atom is -0.539 e. The lowest BCUT2D eigenvalue weighted by Crippen LogP contribution is -2.31. The molecule has 0 saturated carbocycles. The second-order valence-electron chi connectivity index (χ2n) is 5.97. The van der Waals surface area contributed by atoms with Crippen molar-refractivity contribution >= 4 is 17.5 Å². The van der Waals surface area contributed by atoms with Crippen molar-refractivity contribution in [1.29, 1.82) is 0 Å². The van der Waals surface area contributed by atoms with E-state index in [0.717, 1.165) is 18.7 Å². The number of hydrogen-bond donors (Lipinski definition) is 0. The molecule has 2 aromatic carbocycles. The van der Waals surface area contributed by atoms with Crippen LogP contribution in [0.2, 0.25) is 0 Å². The van der Waals surface area contributed by atoms with Crippen LogP contribution in [0.15, 0.2) is 65.3 Å². The normalized spacial score (nSPS) is 11.0. The Morgan fingerprint density at radius 2 is 1.78 bits per heavy atom. The van der Waals surface area contributed by atoms with Gasteiger partial charge < -0.3 is 14.5 Å². The molecule has 0 amide bonds. The van der Waals surface area contributed by atoms with Crippen molar-refractivity contribution in [3.05, 3.63) is 71.9 Å². The number of nitrogens with zero attached hydrogens (tertiary/aromatic N) is 3. The number of aromatic nitrogens is 2. The average molecular weight is 363 g/mol. The highest BCUT2D eigenvalue weighted by atomic mass is 16.6. The second kappa shape index (κ2) is 8.31. The maximum absolute atomic E-state index is 12.4. The van der Waals surface area contributed by atoms with Crippen molar-refractivity contribution in [3.8, 4) is 11.6 Å². The van der Waals surface area contributed by atoms with Crippen molar-refractivity contribution in [2.45, 2.75) is 13.8 Å². The minimum absolute atomic E-state index is 0.0935. The molecule has 0 spiro atoms. The van der Waals surface area contributed by atoms with E-state index in [4.69, 9.17) is 0 Å². The summed E-state index contributed by atoms with van der Waals surface area (Å²) < 4.78 is 5.82. The van der Waals surface area contributed by atoms with Crippen molar-refractivity contribution < 1.29 is 19.1 Å². The lowest BCUT2D eigenvalue weighted by molar-refractivity contribution is -0.670. The highest BCUT2D eigenvalue weighted by molar-refractivity contribution is 6.06. The van der Waals surface area contributed by atoms with Gasteiger partial charge in [0.05, 0.1) is 5.27 Å². The van der Waals surface area contributed by atoms with E-state index in [1.807, 2.05) is 12.1 Å². The molecule has 0 radical (unpaired) electrons. The number of ketones is 1. The molecule has 0 bridgehead atoms. The smallest absolute Gasteiger partial charge is 0.239 e. The van der Waals surface area contributed by atoms with Crippen LogP contribution < -0.4 is 14.7 Å². The summed E-state index contributed by atoms with van der Waals surface area (Å²) in [6, 6.07) is 14.9. The quantitative estimate of drug-likeness (QED) is 0.367. The lowest BCUT2D eigenvalue weighted by Gasteiger charge is -2.20. The molecule has 3 aromatic rings. The fourth-order valence-corrected chi connectivity index (χ4v) is 2.78. The Kier molecular flexibility index (Phi) is 5.66. The summed E-state index contributed by atoms with van der Waals surface area (Å²) in [6.07, 6.45) is 4.59. The van der Waals surface area contributed by atoms with Gasteiger partial charge in [-0.15, -0.1) is 0 Å². The Labute approximate surface area is 157 Å². The van der Waals surface area contributed by atoms with Gasteiger partial charge in [0.2, 0.25) is 11.9 Å². The van der Waals surface area contributed by atoms with E-state index in [-0.39, 0.29) is 5.78 Å². The molecule has 1 aromatic heterocycles. The van der Waals surface area contributed by atoms with Crippen molar-refractivity contribution in [2.75, 3.05) is 18.0 Å². The summed E-state index contributed by atoms with van der Waals surface area (Å²) in [4.78, 5) is 14.6. The Hall–Kier alpha value is -3.41. The summed E-state index contributed by atoms with van der Waals surface area (Å²) in [5.41, 5.74) is 3.34. The lowest BCUT2D eigenvalue weighted by atomic mass is 10.1. The first-order valence-corrected chi connectivity index (χ1v) is 8.84. The van der Waals surface area contributed by atoms with Crippen LogP contribution in [0.3, 0.4) is 0 Å². The van der Waals surface area contributed by atoms with Crippen molar-refractivity contribution in [3.63, 3.8) is 0 Å². The minimum atomic E-state index is -0.523. The van der Waals surface area contributed by atoms with E-state index in [2.05, 4.69) is 40.7 Å². The number of allylic oxidation sites excluding steroid dienone is 1. The molecule has 6 nitrogen and oxygen atoms in total. The first-order valence-electron chi connectivity index (χ1n) is 8.84.